The van der Waals surface area contributed by atoms with Gasteiger partial charge in [-0.15, -0.1) is 0 Å². The molecule has 2 N–H and O–H groups in total. The van der Waals surface area contributed by atoms with E-state index in [-0.39, 0.29) is 17.3 Å². The fourth-order valence-corrected chi connectivity index (χ4v) is 1.82. The summed E-state index contributed by atoms with van der Waals surface area (Å²) >= 11 is 0. The van der Waals surface area contributed by atoms with Gasteiger partial charge in [0.25, 0.3) is 5.95 Å². The number of benzene rings is 1. The van der Waals surface area contributed by atoms with Crippen LogP contribution in [0.4, 0.5) is 4.39 Å². The molecule has 0 spiro atoms. The van der Waals surface area contributed by atoms with E-state index in [1.807, 2.05) is 0 Å². The number of hydrogen-bond acceptors (Lipinski definition) is 4. The molecule has 3 rings (SSSR count). The molecule has 2 aromatic heterocycles. The van der Waals surface area contributed by atoms with Gasteiger partial charge in [0.2, 0.25) is 0 Å². The van der Waals surface area contributed by atoms with Crippen LogP contribution in [-0.4, -0.2) is 9.94 Å². The number of nitrogens with one attached hydrogen (secondary N) is 1. The average molecular weight is 286 g/mol. The van der Waals surface area contributed by atoms with Gasteiger partial charge < -0.3 is 14.4 Å². The average Bonchev–Trinajstić information content (AvgIpc) is 2.93. The lowest BCUT2D eigenvalue weighted by molar-refractivity contribution is 0.173. The molecule has 6 heteroatoms. The van der Waals surface area contributed by atoms with Crippen LogP contribution in [0.3, 0.4) is 0 Å². The normalized spacial score (nSPS) is 10.5. The smallest absolute Gasteiger partial charge is 0.290 e. The number of furan rings is 1. The van der Waals surface area contributed by atoms with Crippen LogP contribution in [-0.2, 0) is 0 Å². The Morgan fingerprint density at radius 2 is 1.81 bits per heavy atom. The molecule has 106 valence electrons. The first-order valence-corrected chi connectivity index (χ1v) is 6.13. The molecule has 0 atom stereocenters. The van der Waals surface area contributed by atoms with Crippen molar-refractivity contribution in [3.63, 3.8) is 0 Å². The molecule has 0 aliphatic carbocycles. The van der Waals surface area contributed by atoms with Crippen LogP contribution in [0.1, 0.15) is 0 Å². The second kappa shape index (κ2) is 5.16. The van der Waals surface area contributed by atoms with Crippen molar-refractivity contribution in [2.75, 3.05) is 0 Å². The molecule has 0 saturated heterocycles. The zero-order valence-electron chi connectivity index (χ0n) is 10.8. The van der Waals surface area contributed by atoms with Crippen molar-refractivity contribution in [1.82, 2.24) is 4.73 Å². The van der Waals surface area contributed by atoms with Gasteiger partial charge >= 0.3 is 0 Å². The summed E-state index contributed by atoms with van der Waals surface area (Å²) < 4.78 is 24.4. The molecule has 0 aliphatic heterocycles. The predicted octanol–water partition coefficient (Wildman–Crippen LogP) is 3.40. The first kappa shape index (κ1) is 13.0. The number of aromatic nitrogens is 1. The summed E-state index contributed by atoms with van der Waals surface area (Å²) in [6.45, 7) is 0. The topological polar surface area (TPSA) is 71.4 Å². The predicted molar refractivity (Wildman–Crippen MR) is 71.6 cm³/mol. The van der Waals surface area contributed by atoms with E-state index in [0.29, 0.717) is 21.9 Å². The highest BCUT2D eigenvalue weighted by Crippen LogP contribution is 2.28. The third-order valence-electron chi connectivity index (χ3n) is 2.83. The van der Waals surface area contributed by atoms with Crippen LogP contribution in [0.25, 0.3) is 11.5 Å². The van der Waals surface area contributed by atoms with Crippen molar-refractivity contribution in [2.45, 2.75) is 0 Å². The molecular weight excluding hydrogens is 275 g/mol. The largest absolute Gasteiger partial charge is 0.426 e. The van der Waals surface area contributed by atoms with E-state index in [1.165, 1.54) is 30.3 Å². The standard InChI is InChI=1S/C15H11FN2O3/c16-10-4-6-11(7-5-10)20-15-9-8-13(21-15)12-2-1-3-14(17)18(12)19/h1-9,17,19H. The molecule has 0 saturated carbocycles. The van der Waals surface area contributed by atoms with E-state index in [9.17, 15) is 9.60 Å². The van der Waals surface area contributed by atoms with Gasteiger partial charge in [-0.05, 0) is 42.5 Å². The number of pyridine rings is 1. The fraction of sp³-hybridized carbons (Fsp3) is 0. The van der Waals surface area contributed by atoms with Crippen molar-refractivity contribution >= 4 is 0 Å². The van der Waals surface area contributed by atoms with Crippen LogP contribution in [0.5, 0.6) is 11.7 Å². The summed E-state index contributed by atoms with van der Waals surface area (Å²) in [5, 5.41) is 17.3. The number of nitrogens with zero attached hydrogens (tertiary/aromatic N) is 1. The Hall–Kier alpha value is -3.02. The summed E-state index contributed by atoms with van der Waals surface area (Å²) in [4.78, 5) is 0. The molecule has 0 radical (unpaired) electrons. The minimum absolute atomic E-state index is 0.0649. The monoisotopic (exact) mass is 286 g/mol. The SMILES string of the molecule is N=c1cccc(-c2ccc(Oc3ccc(F)cc3)o2)n1O. The Morgan fingerprint density at radius 3 is 2.57 bits per heavy atom. The number of hydrogen-bond donors (Lipinski definition) is 2. The third kappa shape index (κ3) is 2.64. The fourth-order valence-electron chi connectivity index (χ4n) is 1.82. The zero-order chi connectivity index (χ0) is 14.8. The van der Waals surface area contributed by atoms with E-state index in [4.69, 9.17) is 14.6 Å². The molecule has 0 unspecified atom stereocenters. The van der Waals surface area contributed by atoms with Gasteiger partial charge in [0.1, 0.15) is 17.3 Å². The third-order valence-corrected chi connectivity index (χ3v) is 2.83. The second-order valence-corrected chi connectivity index (χ2v) is 4.28. The summed E-state index contributed by atoms with van der Waals surface area (Å²) in [6, 6.07) is 13.4. The van der Waals surface area contributed by atoms with E-state index in [2.05, 4.69) is 0 Å². The number of rotatable bonds is 3. The Labute approximate surface area is 118 Å². The first-order chi connectivity index (χ1) is 10.1. The first-order valence-electron chi connectivity index (χ1n) is 6.13. The summed E-state index contributed by atoms with van der Waals surface area (Å²) in [5.74, 6) is 0.634. The zero-order valence-corrected chi connectivity index (χ0v) is 10.8. The van der Waals surface area contributed by atoms with Crippen molar-refractivity contribution in [3.8, 4) is 23.1 Å². The lowest BCUT2D eigenvalue weighted by Crippen LogP contribution is -2.17. The molecule has 5 nitrogen and oxygen atoms in total. The van der Waals surface area contributed by atoms with Crippen LogP contribution < -0.4 is 10.2 Å². The van der Waals surface area contributed by atoms with Gasteiger partial charge in [0.05, 0.1) is 0 Å². The maximum Gasteiger partial charge on any atom is 0.290 e. The Kier molecular flexibility index (Phi) is 3.19. The molecule has 1 aromatic carbocycles. The highest BCUT2D eigenvalue weighted by molar-refractivity contribution is 5.53. The minimum atomic E-state index is -0.351. The molecule has 0 aliphatic rings. The Bertz CT molecular complexity index is 821. The molecule has 3 aromatic rings. The lowest BCUT2D eigenvalue weighted by atomic mass is 10.3. The summed E-state index contributed by atoms with van der Waals surface area (Å²) in [6.07, 6.45) is 0. The van der Waals surface area contributed by atoms with Gasteiger partial charge in [-0.3, -0.25) is 5.41 Å². The van der Waals surface area contributed by atoms with Gasteiger partial charge in [-0.2, -0.15) is 4.73 Å². The maximum absolute atomic E-state index is 12.8. The molecule has 0 amide bonds. The number of halogens is 1. The Balaban J connectivity index is 1.88. The van der Waals surface area contributed by atoms with Crippen LogP contribution in [0, 0.1) is 11.2 Å². The van der Waals surface area contributed by atoms with Crippen molar-refractivity contribution < 1.29 is 18.8 Å². The van der Waals surface area contributed by atoms with Gasteiger partial charge in [-0.1, -0.05) is 6.07 Å². The minimum Gasteiger partial charge on any atom is -0.426 e. The van der Waals surface area contributed by atoms with E-state index in [0.717, 1.165) is 0 Å². The van der Waals surface area contributed by atoms with Gasteiger partial charge in [0.15, 0.2) is 11.2 Å². The molecular formula is C15H11FN2O3. The lowest BCUT2D eigenvalue weighted by Gasteiger charge is -2.04. The van der Waals surface area contributed by atoms with Crippen LogP contribution in [0.15, 0.2) is 59.0 Å². The van der Waals surface area contributed by atoms with E-state index in [1.54, 1.807) is 24.3 Å². The summed E-state index contributed by atoms with van der Waals surface area (Å²) in [7, 11) is 0. The summed E-state index contributed by atoms with van der Waals surface area (Å²) in [5.41, 5.74) is 0.265. The molecule has 0 fully saturated rings. The van der Waals surface area contributed by atoms with E-state index >= 15 is 0 Å². The maximum atomic E-state index is 12.8. The quantitative estimate of drug-likeness (QED) is 0.725. The van der Waals surface area contributed by atoms with E-state index < -0.39 is 0 Å². The van der Waals surface area contributed by atoms with Crippen LogP contribution >= 0.6 is 0 Å². The molecule has 2 heterocycles. The highest BCUT2D eigenvalue weighted by Gasteiger charge is 2.10. The van der Waals surface area contributed by atoms with Crippen LogP contribution in [0.2, 0.25) is 0 Å². The molecule has 0 bridgehead atoms. The van der Waals surface area contributed by atoms with Gasteiger partial charge in [0, 0.05) is 6.07 Å². The van der Waals surface area contributed by atoms with Crippen molar-refractivity contribution in [2.24, 2.45) is 0 Å². The van der Waals surface area contributed by atoms with Crippen molar-refractivity contribution in [1.29, 1.82) is 5.41 Å². The molecule has 21 heavy (non-hydrogen) atoms. The number of ether oxygens (including phenoxy) is 1. The van der Waals surface area contributed by atoms with Gasteiger partial charge in [-0.25, -0.2) is 4.39 Å². The Morgan fingerprint density at radius 1 is 1.05 bits per heavy atom. The highest BCUT2D eigenvalue weighted by atomic mass is 19.1. The second-order valence-electron chi connectivity index (χ2n) is 4.28. The van der Waals surface area contributed by atoms with Crippen molar-refractivity contribution in [3.05, 3.63) is 65.9 Å².